The normalized spacial score (nSPS) is 16.6. The molecule has 2 aromatic heterocycles. The highest BCUT2D eigenvalue weighted by Gasteiger charge is 2.35. The van der Waals surface area contributed by atoms with Crippen LogP contribution >= 0.6 is 0 Å². The first kappa shape index (κ1) is 15.6. The van der Waals surface area contributed by atoms with Crippen LogP contribution in [-0.2, 0) is 18.3 Å². The number of carbonyl (C=O) groups excluding carboxylic acids is 1. The molecule has 2 N–H and O–H groups in total. The van der Waals surface area contributed by atoms with Gasteiger partial charge in [-0.15, -0.1) is 0 Å². The number of amides is 1. The van der Waals surface area contributed by atoms with E-state index in [1.807, 2.05) is 44.3 Å². The third-order valence-electron chi connectivity index (χ3n) is 4.76. The Balaban J connectivity index is 1.92. The Morgan fingerprint density at radius 1 is 1.28 bits per heavy atom. The van der Waals surface area contributed by atoms with Crippen LogP contribution in [0.1, 0.15) is 42.0 Å². The number of aryl methyl sites for hydroxylation is 3. The summed E-state index contributed by atoms with van der Waals surface area (Å²) in [5.41, 5.74) is 4.96. The number of benzene rings is 1. The van der Waals surface area contributed by atoms with E-state index in [1.54, 1.807) is 4.68 Å². The van der Waals surface area contributed by atoms with E-state index in [4.69, 9.17) is 10.1 Å². The van der Waals surface area contributed by atoms with Crippen LogP contribution in [0, 0.1) is 6.92 Å². The lowest BCUT2D eigenvalue weighted by Crippen LogP contribution is -2.25. The van der Waals surface area contributed by atoms with Crippen molar-refractivity contribution in [3.63, 3.8) is 0 Å². The first-order valence-electron chi connectivity index (χ1n) is 8.56. The van der Waals surface area contributed by atoms with Gasteiger partial charge in [-0.1, -0.05) is 37.3 Å². The number of hydrogen-bond donors (Lipinski definition) is 2. The third-order valence-corrected chi connectivity index (χ3v) is 4.76. The summed E-state index contributed by atoms with van der Waals surface area (Å²) in [5.74, 6) is 1.62. The van der Waals surface area contributed by atoms with Crippen molar-refractivity contribution in [1.29, 1.82) is 0 Å². The second kappa shape index (κ2) is 5.88. The van der Waals surface area contributed by atoms with Crippen molar-refractivity contribution >= 4 is 11.7 Å². The van der Waals surface area contributed by atoms with Gasteiger partial charge in [0.15, 0.2) is 0 Å². The lowest BCUT2D eigenvalue weighted by molar-refractivity contribution is -0.116. The highest BCUT2D eigenvalue weighted by Crippen LogP contribution is 2.42. The summed E-state index contributed by atoms with van der Waals surface area (Å²) >= 11 is 0. The fourth-order valence-electron chi connectivity index (χ4n) is 3.58. The molecule has 1 amide bonds. The predicted octanol–water partition coefficient (Wildman–Crippen LogP) is 3.16. The minimum Gasteiger partial charge on any atom is -0.346 e. The SMILES string of the molecule is CCc1nc(C2CC(=O)Nc3c2c(-c2ccccc2)nn3C)c(C)[nH]1. The smallest absolute Gasteiger partial charge is 0.226 e. The second-order valence-electron chi connectivity index (χ2n) is 6.45. The monoisotopic (exact) mass is 335 g/mol. The summed E-state index contributed by atoms with van der Waals surface area (Å²) in [7, 11) is 1.86. The Morgan fingerprint density at radius 2 is 2.04 bits per heavy atom. The van der Waals surface area contributed by atoms with E-state index in [-0.39, 0.29) is 11.8 Å². The lowest BCUT2D eigenvalue weighted by Gasteiger charge is -2.23. The van der Waals surface area contributed by atoms with Crippen LogP contribution in [0.5, 0.6) is 0 Å². The van der Waals surface area contributed by atoms with Crippen LogP contribution in [0.25, 0.3) is 11.3 Å². The number of aromatic nitrogens is 4. The Morgan fingerprint density at radius 3 is 2.72 bits per heavy atom. The van der Waals surface area contributed by atoms with E-state index >= 15 is 0 Å². The number of carbonyl (C=O) groups is 1. The molecule has 1 aliphatic heterocycles. The number of aromatic amines is 1. The molecule has 0 saturated heterocycles. The average molecular weight is 335 g/mol. The van der Waals surface area contributed by atoms with Gasteiger partial charge in [0.25, 0.3) is 0 Å². The topological polar surface area (TPSA) is 75.6 Å². The highest BCUT2D eigenvalue weighted by molar-refractivity contribution is 5.96. The Bertz CT molecular complexity index is 938. The fourth-order valence-corrected chi connectivity index (χ4v) is 3.58. The zero-order valence-electron chi connectivity index (χ0n) is 14.6. The summed E-state index contributed by atoms with van der Waals surface area (Å²) in [6.07, 6.45) is 1.22. The summed E-state index contributed by atoms with van der Waals surface area (Å²) in [6.45, 7) is 4.09. The van der Waals surface area contributed by atoms with E-state index in [9.17, 15) is 4.79 Å². The van der Waals surface area contributed by atoms with Gasteiger partial charge in [0.2, 0.25) is 5.91 Å². The van der Waals surface area contributed by atoms with Gasteiger partial charge in [-0.05, 0) is 6.92 Å². The van der Waals surface area contributed by atoms with E-state index < -0.39 is 0 Å². The fraction of sp³-hybridized carbons (Fsp3) is 0.316. The van der Waals surface area contributed by atoms with Gasteiger partial charge in [-0.25, -0.2) is 4.98 Å². The number of imidazole rings is 1. The molecule has 0 aliphatic carbocycles. The quantitative estimate of drug-likeness (QED) is 0.772. The van der Waals surface area contributed by atoms with Gasteiger partial charge in [0.1, 0.15) is 11.6 Å². The van der Waals surface area contributed by atoms with Gasteiger partial charge < -0.3 is 10.3 Å². The molecule has 6 heteroatoms. The number of H-pyrrole nitrogens is 1. The van der Waals surface area contributed by atoms with Crippen LogP contribution < -0.4 is 5.32 Å². The number of nitrogens with zero attached hydrogens (tertiary/aromatic N) is 3. The Kier molecular flexibility index (Phi) is 3.67. The molecule has 128 valence electrons. The van der Waals surface area contributed by atoms with E-state index in [0.29, 0.717) is 6.42 Å². The maximum atomic E-state index is 12.3. The van der Waals surface area contributed by atoms with Gasteiger partial charge in [-0.3, -0.25) is 9.48 Å². The molecule has 0 fully saturated rings. The zero-order valence-corrected chi connectivity index (χ0v) is 14.6. The highest BCUT2D eigenvalue weighted by atomic mass is 16.1. The predicted molar refractivity (Wildman–Crippen MR) is 96.4 cm³/mol. The molecule has 0 spiro atoms. The van der Waals surface area contributed by atoms with Crippen molar-refractivity contribution < 1.29 is 4.79 Å². The number of fused-ring (bicyclic) bond motifs is 1. The van der Waals surface area contributed by atoms with Crippen LogP contribution in [-0.4, -0.2) is 25.7 Å². The van der Waals surface area contributed by atoms with Crippen molar-refractivity contribution in [3.05, 3.63) is 53.1 Å². The van der Waals surface area contributed by atoms with E-state index in [2.05, 4.69) is 17.2 Å². The van der Waals surface area contributed by atoms with Crippen molar-refractivity contribution in [2.75, 3.05) is 5.32 Å². The molecule has 3 aromatic rings. The van der Waals surface area contributed by atoms with Crippen molar-refractivity contribution in [3.8, 4) is 11.3 Å². The number of hydrogen-bond acceptors (Lipinski definition) is 3. The molecule has 0 saturated carbocycles. The average Bonchev–Trinajstić information content (AvgIpc) is 3.15. The van der Waals surface area contributed by atoms with Crippen LogP contribution in [0.15, 0.2) is 30.3 Å². The first-order valence-corrected chi connectivity index (χ1v) is 8.56. The molecule has 4 rings (SSSR count). The Hall–Kier alpha value is -2.89. The first-order chi connectivity index (χ1) is 12.1. The maximum absolute atomic E-state index is 12.3. The van der Waals surface area contributed by atoms with Gasteiger partial charge in [-0.2, -0.15) is 5.10 Å². The molecule has 1 aliphatic rings. The molecular weight excluding hydrogens is 314 g/mol. The molecule has 1 aromatic carbocycles. The number of rotatable bonds is 3. The molecule has 1 unspecified atom stereocenters. The summed E-state index contributed by atoms with van der Waals surface area (Å²) < 4.78 is 1.75. The summed E-state index contributed by atoms with van der Waals surface area (Å²) in [4.78, 5) is 20.4. The Labute approximate surface area is 146 Å². The van der Waals surface area contributed by atoms with Crippen molar-refractivity contribution in [2.45, 2.75) is 32.6 Å². The maximum Gasteiger partial charge on any atom is 0.226 e. The third kappa shape index (κ3) is 2.54. The van der Waals surface area contributed by atoms with E-state index in [0.717, 1.165) is 46.3 Å². The minimum absolute atomic E-state index is 0.000519. The molecule has 0 radical (unpaired) electrons. The van der Waals surface area contributed by atoms with E-state index in [1.165, 1.54) is 0 Å². The molecule has 3 heterocycles. The van der Waals surface area contributed by atoms with Gasteiger partial charge >= 0.3 is 0 Å². The molecule has 0 bridgehead atoms. The molecule has 1 atom stereocenters. The van der Waals surface area contributed by atoms with Crippen LogP contribution in [0.2, 0.25) is 0 Å². The van der Waals surface area contributed by atoms with Crippen LogP contribution in [0.4, 0.5) is 5.82 Å². The summed E-state index contributed by atoms with van der Waals surface area (Å²) in [6, 6.07) is 10.1. The zero-order chi connectivity index (χ0) is 17.6. The summed E-state index contributed by atoms with van der Waals surface area (Å²) in [5, 5.41) is 7.68. The van der Waals surface area contributed by atoms with Gasteiger partial charge in [0.05, 0.1) is 11.4 Å². The second-order valence-corrected chi connectivity index (χ2v) is 6.45. The number of nitrogens with one attached hydrogen (secondary N) is 2. The van der Waals surface area contributed by atoms with Gasteiger partial charge in [0, 0.05) is 42.6 Å². The molecule has 25 heavy (non-hydrogen) atoms. The largest absolute Gasteiger partial charge is 0.346 e. The molecule has 6 nitrogen and oxygen atoms in total. The van der Waals surface area contributed by atoms with Crippen molar-refractivity contribution in [2.24, 2.45) is 7.05 Å². The molecular formula is C19H21N5O. The standard InChI is InChI=1S/C19H21N5O/c1-4-14-20-11(2)17(21-14)13-10-15(25)22-19-16(13)18(23-24(19)3)12-8-6-5-7-9-12/h5-9,13H,4,10H2,1-3H3,(H,20,21)(H,22,25). The number of anilines is 1. The lowest BCUT2D eigenvalue weighted by atomic mass is 9.86. The van der Waals surface area contributed by atoms with Crippen LogP contribution in [0.3, 0.4) is 0 Å². The van der Waals surface area contributed by atoms with Crippen molar-refractivity contribution in [1.82, 2.24) is 19.7 Å². The minimum atomic E-state index is -0.0933.